The molecule has 3 rings (SSSR count). The zero-order valence-electron chi connectivity index (χ0n) is 12.9. The molecule has 0 atom stereocenters. The first-order valence-corrected chi connectivity index (χ1v) is 8.18. The van der Waals surface area contributed by atoms with Crippen molar-refractivity contribution in [1.82, 2.24) is 15.2 Å². The average molecular weight is 287 g/mol. The summed E-state index contributed by atoms with van der Waals surface area (Å²) < 4.78 is 0. The van der Waals surface area contributed by atoms with Crippen molar-refractivity contribution in [2.45, 2.75) is 45.6 Å². The molecular weight excluding hydrogens is 262 g/mol. The first-order valence-electron chi connectivity index (χ1n) is 8.18. The lowest BCUT2D eigenvalue weighted by Crippen LogP contribution is -2.50. The molecule has 1 fully saturated rings. The summed E-state index contributed by atoms with van der Waals surface area (Å²) in [6, 6.07) is 4.08. The molecule has 3 heterocycles. The monoisotopic (exact) mass is 287 g/mol. The Morgan fingerprint density at radius 1 is 1.43 bits per heavy atom. The first-order chi connectivity index (χ1) is 10.2. The molecule has 1 aromatic heterocycles. The highest BCUT2D eigenvalue weighted by Crippen LogP contribution is 2.37. The molecule has 1 saturated heterocycles. The van der Waals surface area contributed by atoms with E-state index in [0.717, 1.165) is 64.0 Å². The number of piperidine rings is 1. The maximum Gasteiger partial charge on any atom is 0.229 e. The van der Waals surface area contributed by atoms with Crippen LogP contribution >= 0.6 is 0 Å². The average Bonchev–Trinajstić information content (AvgIpc) is 2.55. The zero-order valence-corrected chi connectivity index (χ0v) is 12.9. The van der Waals surface area contributed by atoms with E-state index < -0.39 is 0 Å². The molecule has 4 nitrogen and oxygen atoms in total. The van der Waals surface area contributed by atoms with E-state index in [9.17, 15) is 4.79 Å². The number of carbonyl (C=O) groups is 1. The van der Waals surface area contributed by atoms with Crippen LogP contribution in [0, 0.1) is 5.41 Å². The van der Waals surface area contributed by atoms with Crippen molar-refractivity contribution in [3.8, 4) is 0 Å². The topological polar surface area (TPSA) is 45.2 Å². The van der Waals surface area contributed by atoms with E-state index >= 15 is 0 Å². The normalized spacial score (nSPS) is 20.9. The van der Waals surface area contributed by atoms with E-state index in [1.807, 2.05) is 12.3 Å². The van der Waals surface area contributed by atoms with Crippen LogP contribution in [0.2, 0.25) is 0 Å². The minimum absolute atomic E-state index is 0.125. The number of hydrogen-bond donors (Lipinski definition) is 1. The number of amides is 1. The lowest BCUT2D eigenvalue weighted by molar-refractivity contribution is -0.145. The summed E-state index contributed by atoms with van der Waals surface area (Å²) in [5.41, 5.74) is 2.26. The summed E-state index contributed by atoms with van der Waals surface area (Å²) in [5, 5.41) is 3.39. The van der Waals surface area contributed by atoms with Crippen LogP contribution in [0.1, 0.15) is 43.9 Å². The van der Waals surface area contributed by atoms with Gasteiger partial charge in [0.15, 0.2) is 0 Å². The van der Waals surface area contributed by atoms with Crippen molar-refractivity contribution in [3.05, 3.63) is 29.6 Å². The smallest absolute Gasteiger partial charge is 0.229 e. The van der Waals surface area contributed by atoms with Gasteiger partial charge < -0.3 is 10.2 Å². The fraction of sp³-hybridized carbons (Fsp3) is 0.647. The molecule has 1 aromatic rings. The van der Waals surface area contributed by atoms with Crippen molar-refractivity contribution >= 4 is 5.91 Å². The van der Waals surface area contributed by atoms with Gasteiger partial charge in [-0.2, -0.15) is 0 Å². The second-order valence-electron chi connectivity index (χ2n) is 6.37. The van der Waals surface area contributed by atoms with Gasteiger partial charge in [-0.1, -0.05) is 19.4 Å². The van der Waals surface area contributed by atoms with Gasteiger partial charge in [0.05, 0.1) is 5.41 Å². The lowest BCUT2D eigenvalue weighted by atomic mass is 9.74. The molecule has 21 heavy (non-hydrogen) atoms. The predicted octanol–water partition coefficient (Wildman–Crippen LogP) is 2.14. The minimum Gasteiger partial charge on any atom is -0.337 e. The molecule has 114 valence electrons. The summed E-state index contributed by atoms with van der Waals surface area (Å²) in [6.45, 7) is 5.69. The Balaban J connectivity index is 1.78. The SMILES string of the molecule is CCCC1(C(=O)N2CCc3ncccc3C2)CCNCC1. The van der Waals surface area contributed by atoms with Crippen molar-refractivity contribution in [2.24, 2.45) is 5.41 Å². The zero-order chi connectivity index (χ0) is 14.7. The Hall–Kier alpha value is -1.42. The van der Waals surface area contributed by atoms with Gasteiger partial charge >= 0.3 is 0 Å². The number of nitrogens with one attached hydrogen (secondary N) is 1. The Labute approximate surface area is 126 Å². The molecule has 0 radical (unpaired) electrons. The lowest BCUT2D eigenvalue weighted by Gasteiger charge is -2.41. The highest BCUT2D eigenvalue weighted by atomic mass is 16.2. The van der Waals surface area contributed by atoms with Crippen LogP contribution in [-0.4, -0.2) is 35.4 Å². The number of pyridine rings is 1. The third kappa shape index (κ3) is 2.82. The Morgan fingerprint density at radius 3 is 3.00 bits per heavy atom. The second-order valence-corrected chi connectivity index (χ2v) is 6.37. The molecule has 0 bridgehead atoms. The highest BCUT2D eigenvalue weighted by Gasteiger charge is 2.41. The Morgan fingerprint density at radius 2 is 2.24 bits per heavy atom. The number of nitrogens with zero attached hydrogens (tertiary/aromatic N) is 2. The van der Waals surface area contributed by atoms with Crippen molar-refractivity contribution in [2.75, 3.05) is 19.6 Å². The first kappa shape index (κ1) is 14.5. The van der Waals surface area contributed by atoms with Crippen LogP contribution < -0.4 is 5.32 Å². The summed E-state index contributed by atoms with van der Waals surface area (Å²) in [7, 11) is 0. The molecular formula is C17H25N3O. The Bertz CT molecular complexity index is 503. The van der Waals surface area contributed by atoms with Crippen LogP contribution in [-0.2, 0) is 17.8 Å². The molecule has 4 heteroatoms. The summed E-state index contributed by atoms with van der Waals surface area (Å²) in [4.78, 5) is 19.7. The van der Waals surface area contributed by atoms with Gasteiger partial charge in [0.2, 0.25) is 5.91 Å². The van der Waals surface area contributed by atoms with Gasteiger partial charge in [0.25, 0.3) is 0 Å². The van der Waals surface area contributed by atoms with Crippen LogP contribution in [0.4, 0.5) is 0 Å². The molecule has 0 aliphatic carbocycles. The van der Waals surface area contributed by atoms with E-state index in [4.69, 9.17) is 0 Å². The largest absolute Gasteiger partial charge is 0.337 e. The third-order valence-corrected chi connectivity index (χ3v) is 4.99. The number of fused-ring (bicyclic) bond motifs is 1. The number of hydrogen-bond acceptors (Lipinski definition) is 3. The summed E-state index contributed by atoms with van der Waals surface area (Å²) >= 11 is 0. The van der Waals surface area contributed by atoms with E-state index in [0.29, 0.717) is 5.91 Å². The van der Waals surface area contributed by atoms with Crippen LogP contribution in [0.15, 0.2) is 18.3 Å². The van der Waals surface area contributed by atoms with E-state index in [-0.39, 0.29) is 5.41 Å². The molecule has 0 spiro atoms. The van der Waals surface area contributed by atoms with E-state index in [1.54, 1.807) is 0 Å². The maximum absolute atomic E-state index is 13.2. The van der Waals surface area contributed by atoms with Crippen molar-refractivity contribution in [1.29, 1.82) is 0 Å². The summed E-state index contributed by atoms with van der Waals surface area (Å²) in [6.07, 6.45) is 6.80. The van der Waals surface area contributed by atoms with Gasteiger partial charge in [-0.05, 0) is 44.0 Å². The Kier molecular flexibility index (Phi) is 4.24. The quantitative estimate of drug-likeness (QED) is 0.926. The maximum atomic E-state index is 13.2. The van der Waals surface area contributed by atoms with Gasteiger partial charge in [0, 0.05) is 31.4 Å². The highest BCUT2D eigenvalue weighted by molar-refractivity contribution is 5.83. The number of rotatable bonds is 3. The van der Waals surface area contributed by atoms with Gasteiger partial charge in [-0.15, -0.1) is 0 Å². The predicted molar refractivity (Wildman–Crippen MR) is 82.8 cm³/mol. The number of carbonyl (C=O) groups excluding carboxylic acids is 1. The molecule has 1 amide bonds. The summed E-state index contributed by atoms with van der Waals surface area (Å²) in [5.74, 6) is 0.375. The molecule has 0 unspecified atom stereocenters. The van der Waals surface area contributed by atoms with Crippen LogP contribution in [0.3, 0.4) is 0 Å². The van der Waals surface area contributed by atoms with Crippen molar-refractivity contribution < 1.29 is 4.79 Å². The van der Waals surface area contributed by atoms with Crippen LogP contribution in [0.25, 0.3) is 0 Å². The molecule has 2 aliphatic heterocycles. The van der Waals surface area contributed by atoms with Crippen molar-refractivity contribution in [3.63, 3.8) is 0 Å². The second kappa shape index (κ2) is 6.14. The van der Waals surface area contributed by atoms with Crippen LogP contribution in [0.5, 0.6) is 0 Å². The standard InChI is InChI=1S/C17H25N3O/c1-2-6-17(7-10-18-11-8-17)16(21)20-12-5-15-14(13-20)4-3-9-19-15/h3-4,9,18H,2,5-8,10-13H2,1H3. The van der Waals surface area contributed by atoms with E-state index in [1.165, 1.54) is 5.56 Å². The minimum atomic E-state index is -0.125. The van der Waals surface area contributed by atoms with Gasteiger partial charge in [-0.3, -0.25) is 9.78 Å². The fourth-order valence-corrected chi connectivity index (χ4v) is 3.83. The fourth-order valence-electron chi connectivity index (χ4n) is 3.83. The number of aromatic nitrogens is 1. The van der Waals surface area contributed by atoms with Gasteiger partial charge in [0.1, 0.15) is 0 Å². The van der Waals surface area contributed by atoms with E-state index in [2.05, 4.69) is 28.2 Å². The molecule has 0 saturated carbocycles. The molecule has 1 N–H and O–H groups in total. The van der Waals surface area contributed by atoms with Gasteiger partial charge in [-0.25, -0.2) is 0 Å². The third-order valence-electron chi connectivity index (χ3n) is 4.99. The molecule has 0 aromatic carbocycles. The molecule has 2 aliphatic rings.